The fraction of sp³-hybridized carbons (Fsp3) is 0.667. The number of ether oxygens (including phenoxy) is 1. The Bertz CT molecular complexity index is 432. The van der Waals surface area contributed by atoms with Crippen LogP contribution in [0.3, 0.4) is 0 Å². The average molecular weight is 288 g/mol. The van der Waals surface area contributed by atoms with E-state index in [-0.39, 0.29) is 0 Å². The molecular weight excluding hydrogens is 260 g/mol. The van der Waals surface area contributed by atoms with Crippen LogP contribution in [0.2, 0.25) is 0 Å². The summed E-state index contributed by atoms with van der Waals surface area (Å²) in [5.74, 6) is 0.916. The molecule has 3 atom stereocenters. The van der Waals surface area contributed by atoms with Crippen LogP contribution in [0.25, 0.3) is 0 Å². The van der Waals surface area contributed by atoms with Crippen LogP contribution >= 0.6 is 0 Å². The van der Waals surface area contributed by atoms with Crippen molar-refractivity contribution in [3.8, 4) is 0 Å². The molecule has 1 aromatic carbocycles. The maximum Gasteiger partial charge on any atom is 0.0477 e. The average Bonchev–Trinajstić information content (AvgIpc) is 3.37. The van der Waals surface area contributed by atoms with Crippen molar-refractivity contribution in [3.05, 3.63) is 35.9 Å². The minimum atomic E-state index is 0.464. The Labute approximate surface area is 128 Å². The molecule has 2 fully saturated rings. The van der Waals surface area contributed by atoms with Gasteiger partial charge in [0.2, 0.25) is 0 Å². The zero-order valence-electron chi connectivity index (χ0n) is 13.3. The number of benzene rings is 1. The second-order valence-corrected chi connectivity index (χ2v) is 6.60. The van der Waals surface area contributed by atoms with Gasteiger partial charge in [-0.05, 0) is 37.7 Å². The molecule has 21 heavy (non-hydrogen) atoms. The van der Waals surface area contributed by atoms with Gasteiger partial charge in [0.05, 0.1) is 0 Å². The molecule has 1 saturated heterocycles. The lowest BCUT2D eigenvalue weighted by molar-refractivity contribution is 0.0575. The van der Waals surface area contributed by atoms with Crippen molar-refractivity contribution in [1.82, 2.24) is 10.2 Å². The van der Waals surface area contributed by atoms with Crippen LogP contribution in [0.15, 0.2) is 30.3 Å². The van der Waals surface area contributed by atoms with Gasteiger partial charge in [-0.2, -0.15) is 0 Å². The lowest BCUT2D eigenvalue weighted by Crippen LogP contribution is -2.56. The van der Waals surface area contributed by atoms with E-state index < -0.39 is 0 Å². The molecule has 0 bridgehead atoms. The minimum Gasteiger partial charge on any atom is -0.385 e. The molecular formula is C18H28N2O. The summed E-state index contributed by atoms with van der Waals surface area (Å²) in [6.45, 7) is 5.47. The van der Waals surface area contributed by atoms with E-state index in [0.717, 1.165) is 38.1 Å². The minimum absolute atomic E-state index is 0.464. The molecule has 0 amide bonds. The van der Waals surface area contributed by atoms with E-state index in [2.05, 4.69) is 47.5 Å². The summed E-state index contributed by atoms with van der Waals surface area (Å²) < 4.78 is 5.28. The van der Waals surface area contributed by atoms with Gasteiger partial charge >= 0.3 is 0 Å². The Hall–Kier alpha value is -0.900. The van der Waals surface area contributed by atoms with Crippen molar-refractivity contribution >= 4 is 0 Å². The van der Waals surface area contributed by atoms with Gasteiger partial charge in [0.25, 0.3) is 0 Å². The number of hydrogen-bond donors (Lipinski definition) is 1. The van der Waals surface area contributed by atoms with Crippen LogP contribution in [0.4, 0.5) is 0 Å². The Morgan fingerprint density at radius 3 is 2.71 bits per heavy atom. The number of nitrogens with zero attached hydrogens (tertiary/aromatic N) is 1. The molecule has 1 saturated carbocycles. The zero-order chi connectivity index (χ0) is 14.7. The molecule has 1 N–H and O–H groups in total. The van der Waals surface area contributed by atoms with E-state index in [1.54, 1.807) is 7.11 Å². The monoisotopic (exact) mass is 288 g/mol. The van der Waals surface area contributed by atoms with Gasteiger partial charge in [0, 0.05) is 44.9 Å². The lowest BCUT2D eigenvalue weighted by atomic mass is 9.97. The van der Waals surface area contributed by atoms with Crippen LogP contribution in [0, 0.1) is 5.92 Å². The van der Waals surface area contributed by atoms with E-state index >= 15 is 0 Å². The molecule has 2 aliphatic rings. The van der Waals surface area contributed by atoms with Crippen molar-refractivity contribution < 1.29 is 4.74 Å². The van der Waals surface area contributed by atoms with E-state index in [0.29, 0.717) is 12.1 Å². The van der Waals surface area contributed by atoms with Crippen LogP contribution in [-0.2, 0) is 4.74 Å². The van der Waals surface area contributed by atoms with E-state index in [4.69, 9.17) is 4.74 Å². The maximum atomic E-state index is 5.28. The first-order valence-electron chi connectivity index (χ1n) is 8.32. The third kappa shape index (κ3) is 3.65. The lowest BCUT2D eigenvalue weighted by Gasteiger charge is -2.44. The van der Waals surface area contributed by atoms with Gasteiger partial charge in [-0.1, -0.05) is 30.3 Å². The largest absolute Gasteiger partial charge is 0.385 e. The molecule has 3 unspecified atom stereocenters. The van der Waals surface area contributed by atoms with Crippen molar-refractivity contribution in [3.63, 3.8) is 0 Å². The second kappa shape index (κ2) is 6.91. The standard InChI is InChI=1S/C18H28N2O/c1-14(10-11-21-2)20-13-17(15-6-4-3-5-7-15)19-12-18(20)16-8-9-16/h3-7,14,16-19H,8-13H2,1-2H3. The molecule has 0 aromatic heterocycles. The molecule has 3 heteroatoms. The third-order valence-corrected chi connectivity index (χ3v) is 5.07. The number of nitrogens with one attached hydrogen (secondary N) is 1. The third-order valence-electron chi connectivity index (χ3n) is 5.07. The molecule has 0 spiro atoms. The second-order valence-electron chi connectivity index (χ2n) is 6.60. The van der Waals surface area contributed by atoms with E-state index in [9.17, 15) is 0 Å². The van der Waals surface area contributed by atoms with Crippen molar-refractivity contribution in [2.24, 2.45) is 5.92 Å². The summed E-state index contributed by atoms with van der Waals surface area (Å²) in [6, 6.07) is 12.6. The highest BCUT2D eigenvalue weighted by Gasteiger charge is 2.40. The Kier molecular flexibility index (Phi) is 4.94. The predicted octanol–water partition coefficient (Wildman–Crippen LogP) is 2.84. The Morgan fingerprint density at radius 2 is 2.05 bits per heavy atom. The van der Waals surface area contributed by atoms with Crippen LogP contribution in [0.5, 0.6) is 0 Å². The van der Waals surface area contributed by atoms with Crippen molar-refractivity contribution in [2.45, 2.75) is 44.3 Å². The molecule has 3 nitrogen and oxygen atoms in total. The molecule has 1 aliphatic carbocycles. The summed E-state index contributed by atoms with van der Waals surface area (Å²) in [5, 5.41) is 3.77. The summed E-state index contributed by atoms with van der Waals surface area (Å²) in [7, 11) is 1.80. The number of rotatable bonds is 6. The SMILES string of the molecule is COCCC(C)N1CC(c2ccccc2)NCC1C1CC1. The molecule has 116 valence electrons. The van der Waals surface area contributed by atoms with E-state index in [1.807, 2.05) is 0 Å². The van der Waals surface area contributed by atoms with Crippen LogP contribution in [0.1, 0.15) is 37.8 Å². The fourth-order valence-electron chi connectivity index (χ4n) is 3.58. The molecule has 1 aromatic rings. The first-order valence-corrected chi connectivity index (χ1v) is 8.32. The van der Waals surface area contributed by atoms with Gasteiger partial charge < -0.3 is 10.1 Å². The van der Waals surface area contributed by atoms with Gasteiger partial charge in [0.1, 0.15) is 0 Å². The highest BCUT2D eigenvalue weighted by atomic mass is 16.5. The molecule has 0 radical (unpaired) electrons. The first-order chi connectivity index (χ1) is 10.3. The summed E-state index contributed by atoms with van der Waals surface area (Å²) in [5.41, 5.74) is 1.41. The van der Waals surface area contributed by atoms with Gasteiger partial charge in [-0.15, -0.1) is 0 Å². The molecule has 1 heterocycles. The maximum absolute atomic E-state index is 5.28. The van der Waals surface area contributed by atoms with E-state index in [1.165, 1.54) is 18.4 Å². The smallest absolute Gasteiger partial charge is 0.0477 e. The van der Waals surface area contributed by atoms with Gasteiger partial charge in [0.15, 0.2) is 0 Å². The number of piperazine rings is 1. The first kappa shape index (κ1) is 15.0. The predicted molar refractivity (Wildman–Crippen MR) is 86.4 cm³/mol. The Balaban J connectivity index is 1.69. The summed E-state index contributed by atoms with van der Waals surface area (Å²) >= 11 is 0. The molecule has 1 aliphatic heterocycles. The summed E-state index contributed by atoms with van der Waals surface area (Å²) in [4.78, 5) is 2.74. The fourth-order valence-corrected chi connectivity index (χ4v) is 3.58. The van der Waals surface area contributed by atoms with Gasteiger partial charge in [-0.3, -0.25) is 4.90 Å². The Morgan fingerprint density at radius 1 is 1.29 bits per heavy atom. The normalized spacial score (nSPS) is 28.5. The van der Waals surface area contributed by atoms with Crippen LogP contribution < -0.4 is 5.32 Å². The molecule has 3 rings (SSSR count). The van der Waals surface area contributed by atoms with Gasteiger partial charge in [-0.25, -0.2) is 0 Å². The van der Waals surface area contributed by atoms with Crippen molar-refractivity contribution in [2.75, 3.05) is 26.8 Å². The quantitative estimate of drug-likeness (QED) is 0.871. The van der Waals surface area contributed by atoms with Crippen molar-refractivity contribution in [1.29, 1.82) is 0 Å². The number of methoxy groups -OCH3 is 1. The number of hydrogen-bond acceptors (Lipinski definition) is 3. The summed E-state index contributed by atoms with van der Waals surface area (Å²) in [6.07, 6.45) is 3.95. The topological polar surface area (TPSA) is 24.5 Å². The highest BCUT2D eigenvalue weighted by molar-refractivity contribution is 5.20. The highest BCUT2D eigenvalue weighted by Crippen LogP contribution is 2.38. The van der Waals surface area contributed by atoms with Crippen LogP contribution in [-0.4, -0.2) is 43.8 Å². The zero-order valence-corrected chi connectivity index (χ0v) is 13.3.